The molecule has 0 fully saturated rings. The number of hydrogen-bond acceptors (Lipinski definition) is 4. The molecule has 1 heterocycles. The molecule has 140 valence electrons. The standard InChI is InChI=1S/C19H23N3O3.HI/c1-3-20-19(21-11-14-5-4-6-16(23)9-14)22(2)12-15-7-8-17-18(10-15)25-13-24-17;/h4-10,23H,3,11-13H2,1-2H3,(H,20,21);1H. The Morgan fingerprint density at radius 1 is 1.15 bits per heavy atom. The van der Waals surface area contributed by atoms with Gasteiger partial charge in [-0.3, -0.25) is 0 Å². The van der Waals surface area contributed by atoms with Crippen molar-refractivity contribution in [3.05, 3.63) is 53.6 Å². The molecule has 0 bridgehead atoms. The van der Waals surface area contributed by atoms with Crippen molar-refractivity contribution in [2.24, 2.45) is 4.99 Å². The first-order valence-electron chi connectivity index (χ1n) is 8.31. The molecule has 26 heavy (non-hydrogen) atoms. The average Bonchev–Trinajstić information content (AvgIpc) is 3.06. The number of benzene rings is 2. The highest BCUT2D eigenvalue weighted by Gasteiger charge is 2.14. The van der Waals surface area contributed by atoms with Crippen molar-refractivity contribution in [2.45, 2.75) is 20.0 Å². The first-order valence-corrected chi connectivity index (χ1v) is 8.31. The Morgan fingerprint density at radius 3 is 2.73 bits per heavy atom. The van der Waals surface area contributed by atoms with Gasteiger partial charge in [0.25, 0.3) is 0 Å². The van der Waals surface area contributed by atoms with Crippen molar-refractivity contribution in [3.8, 4) is 17.2 Å². The number of rotatable bonds is 5. The lowest BCUT2D eigenvalue weighted by Gasteiger charge is -2.22. The van der Waals surface area contributed by atoms with Gasteiger partial charge in [0.1, 0.15) is 5.75 Å². The number of phenolic OH excluding ortho intramolecular Hbond substituents is 1. The zero-order valence-electron chi connectivity index (χ0n) is 14.9. The summed E-state index contributed by atoms with van der Waals surface area (Å²) in [6, 6.07) is 13.1. The van der Waals surface area contributed by atoms with E-state index in [-0.39, 0.29) is 36.5 Å². The zero-order valence-corrected chi connectivity index (χ0v) is 17.3. The third-order valence-electron chi connectivity index (χ3n) is 3.88. The molecule has 1 aliphatic heterocycles. The maximum Gasteiger partial charge on any atom is 0.231 e. The van der Waals surface area contributed by atoms with E-state index >= 15 is 0 Å². The molecular formula is C19H24IN3O3. The molecule has 0 radical (unpaired) electrons. The van der Waals surface area contributed by atoms with Crippen LogP contribution in [0.15, 0.2) is 47.5 Å². The van der Waals surface area contributed by atoms with E-state index in [0.29, 0.717) is 13.1 Å². The molecule has 0 amide bonds. The molecule has 7 heteroatoms. The molecule has 0 spiro atoms. The lowest BCUT2D eigenvalue weighted by molar-refractivity contribution is 0.174. The highest BCUT2D eigenvalue weighted by molar-refractivity contribution is 14.0. The lowest BCUT2D eigenvalue weighted by Crippen LogP contribution is -2.38. The Morgan fingerprint density at radius 2 is 1.96 bits per heavy atom. The molecule has 3 rings (SSSR count). The first-order chi connectivity index (χ1) is 12.2. The van der Waals surface area contributed by atoms with Crippen molar-refractivity contribution in [3.63, 3.8) is 0 Å². The van der Waals surface area contributed by atoms with Crippen LogP contribution in [0.2, 0.25) is 0 Å². The summed E-state index contributed by atoms with van der Waals surface area (Å²) in [5.74, 6) is 2.64. The molecule has 0 saturated carbocycles. The molecule has 0 atom stereocenters. The maximum atomic E-state index is 9.57. The number of nitrogens with one attached hydrogen (secondary N) is 1. The van der Waals surface area contributed by atoms with Crippen LogP contribution in [-0.2, 0) is 13.1 Å². The van der Waals surface area contributed by atoms with Gasteiger partial charge in [-0.1, -0.05) is 18.2 Å². The largest absolute Gasteiger partial charge is 0.508 e. The maximum absolute atomic E-state index is 9.57. The summed E-state index contributed by atoms with van der Waals surface area (Å²) in [6.07, 6.45) is 0. The molecule has 6 nitrogen and oxygen atoms in total. The number of phenols is 1. The van der Waals surface area contributed by atoms with Gasteiger partial charge in [0, 0.05) is 20.1 Å². The topological polar surface area (TPSA) is 66.3 Å². The minimum Gasteiger partial charge on any atom is -0.508 e. The Kier molecular flexibility index (Phi) is 7.38. The molecule has 0 saturated heterocycles. The van der Waals surface area contributed by atoms with Crippen LogP contribution in [0.5, 0.6) is 17.2 Å². The van der Waals surface area contributed by atoms with E-state index in [1.165, 1.54) is 0 Å². The average molecular weight is 469 g/mol. The molecule has 2 aromatic rings. The van der Waals surface area contributed by atoms with Crippen LogP contribution in [0.25, 0.3) is 0 Å². The van der Waals surface area contributed by atoms with Gasteiger partial charge >= 0.3 is 0 Å². The van der Waals surface area contributed by atoms with Gasteiger partial charge in [-0.2, -0.15) is 0 Å². The Hall–Kier alpha value is -2.16. The summed E-state index contributed by atoms with van der Waals surface area (Å²) in [4.78, 5) is 6.72. The second-order valence-electron chi connectivity index (χ2n) is 5.88. The van der Waals surface area contributed by atoms with Crippen LogP contribution >= 0.6 is 24.0 Å². The van der Waals surface area contributed by atoms with Gasteiger partial charge in [-0.15, -0.1) is 24.0 Å². The fourth-order valence-electron chi connectivity index (χ4n) is 2.68. The smallest absolute Gasteiger partial charge is 0.231 e. The van der Waals surface area contributed by atoms with E-state index in [1.807, 2.05) is 44.3 Å². The number of halogens is 1. The van der Waals surface area contributed by atoms with Crippen molar-refractivity contribution in [2.75, 3.05) is 20.4 Å². The lowest BCUT2D eigenvalue weighted by atomic mass is 10.2. The van der Waals surface area contributed by atoms with Crippen molar-refractivity contribution in [1.82, 2.24) is 10.2 Å². The van der Waals surface area contributed by atoms with Gasteiger partial charge in [-0.05, 0) is 42.3 Å². The summed E-state index contributed by atoms with van der Waals surface area (Å²) >= 11 is 0. The third kappa shape index (κ3) is 5.17. The Bertz CT molecular complexity index is 767. The fourth-order valence-corrected chi connectivity index (χ4v) is 2.68. The molecular weight excluding hydrogens is 445 g/mol. The summed E-state index contributed by atoms with van der Waals surface area (Å²) < 4.78 is 10.8. The number of ether oxygens (including phenoxy) is 2. The van der Waals surface area contributed by atoms with E-state index in [9.17, 15) is 5.11 Å². The van der Waals surface area contributed by atoms with Gasteiger partial charge in [0.05, 0.1) is 6.54 Å². The molecule has 2 aromatic carbocycles. The summed E-state index contributed by atoms with van der Waals surface area (Å²) in [6.45, 7) is 4.30. The monoisotopic (exact) mass is 469 g/mol. The molecule has 1 aliphatic rings. The Labute approximate surface area is 170 Å². The van der Waals surface area contributed by atoms with E-state index in [1.54, 1.807) is 12.1 Å². The van der Waals surface area contributed by atoms with E-state index in [2.05, 4.69) is 15.2 Å². The molecule has 0 aliphatic carbocycles. The van der Waals surface area contributed by atoms with Crippen molar-refractivity contribution < 1.29 is 14.6 Å². The van der Waals surface area contributed by atoms with E-state index in [0.717, 1.165) is 35.1 Å². The van der Waals surface area contributed by atoms with E-state index in [4.69, 9.17) is 9.47 Å². The minimum atomic E-state index is 0. The SMILES string of the molecule is CCNC(=NCc1cccc(O)c1)N(C)Cc1ccc2c(c1)OCO2.I. The summed E-state index contributed by atoms with van der Waals surface area (Å²) in [7, 11) is 1.99. The normalized spacial score (nSPS) is 12.5. The number of hydrogen-bond donors (Lipinski definition) is 2. The van der Waals surface area contributed by atoms with Gasteiger partial charge < -0.3 is 24.8 Å². The number of guanidine groups is 1. The van der Waals surface area contributed by atoms with Crippen molar-refractivity contribution >= 4 is 29.9 Å². The van der Waals surface area contributed by atoms with Crippen LogP contribution in [0.1, 0.15) is 18.1 Å². The summed E-state index contributed by atoms with van der Waals surface area (Å²) in [5.41, 5.74) is 2.08. The predicted octanol–water partition coefficient (Wildman–Crippen LogP) is 3.34. The highest BCUT2D eigenvalue weighted by Crippen LogP contribution is 2.32. The van der Waals surface area contributed by atoms with Crippen LogP contribution in [0, 0.1) is 0 Å². The number of aromatic hydroxyl groups is 1. The van der Waals surface area contributed by atoms with Crippen molar-refractivity contribution in [1.29, 1.82) is 0 Å². The molecule has 2 N–H and O–H groups in total. The summed E-state index contributed by atoms with van der Waals surface area (Å²) in [5, 5.41) is 12.9. The van der Waals surface area contributed by atoms with Crippen LogP contribution in [-0.4, -0.2) is 36.4 Å². The molecule has 0 unspecified atom stereocenters. The Balaban J connectivity index is 0.00000243. The third-order valence-corrected chi connectivity index (χ3v) is 3.88. The van der Waals surface area contributed by atoms with Crippen LogP contribution in [0.3, 0.4) is 0 Å². The number of aliphatic imine (C=N–C) groups is 1. The predicted molar refractivity (Wildman–Crippen MR) is 112 cm³/mol. The molecule has 0 aromatic heterocycles. The fraction of sp³-hybridized carbons (Fsp3) is 0.316. The minimum absolute atomic E-state index is 0. The zero-order chi connectivity index (χ0) is 17.6. The van der Waals surface area contributed by atoms with Gasteiger partial charge in [0.2, 0.25) is 6.79 Å². The highest BCUT2D eigenvalue weighted by atomic mass is 127. The number of nitrogens with zero attached hydrogens (tertiary/aromatic N) is 2. The first kappa shape index (κ1) is 20.2. The second kappa shape index (κ2) is 9.51. The van der Waals surface area contributed by atoms with E-state index < -0.39 is 0 Å². The van der Waals surface area contributed by atoms with Crippen LogP contribution < -0.4 is 14.8 Å². The quantitative estimate of drug-likeness (QED) is 0.400. The second-order valence-corrected chi connectivity index (χ2v) is 5.88. The van der Waals surface area contributed by atoms with Gasteiger partial charge in [0.15, 0.2) is 17.5 Å². The number of fused-ring (bicyclic) bond motifs is 1. The van der Waals surface area contributed by atoms with Crippen LogP contribution in [0.4, 0.5) is 0 Å². The van der Waals surface area contributed by atoms with Gasteiger partial charge in [-0.25, -0.2) is 4.99 Å².